The fourth-order valence-electron chi connectivity index (χ4n) is 2.29. The van der Waals surface area contributed by atoms with Gasteiger partial charge in [0.15, 0.2) is 0 Å². The maximum Gasteiger partial charge on any atom is 0.417 e. The molecule has 0 N–H and O–H groups in total. The predicted molar refractivity (Wildman–Crippen MR) is 77.3 cm³/mol. The standard InChI is InChI=1S/C16H8F6S/c17-15(18,19)10-5-6-12(16(20,21)22)11(8-10)14-7-9-3-1-2-4-13(9)23-14/h1-8H. The van der Waals surface area contributed by atoms with Gasteiger partial charge < -0.3 is 0 Å². The van der Waals surface area contributed by atoms with Crippen LogP contribution >= 0.6 is 11.3 Å². The summed E-state index contributed by atoms with van der Waals surface area (Å²) in [5, 5.41) is 0.693. The van der Waals surface area contributed by atoms with E-state index < -0.39 is 29.0 Å². The number of alkyl halides is 6. The first-order valence-electron chi connectivity index (χ1n) is 6.43. The maximum atomic E-state index is 13.1. The van der Waals surface area contributed by atoms with Crippen LogP contribution in [0, 0.1) is 0 Å². The van der Waals surface area contributed by atoms with Crippen LogP contribution in [-0.2, 0) is 12.4 Å². The molecule has 3 rings (SSSR count). The van der Waals surface area contributed by atoms with Crippen LogP contribution in [0.2, 0.25) is 0 Å². The van der Waals surface area contributed by atoms with Crippen LogP contribution in [0.25, 0.3) is 20.5 Å². The molecule has 1 heterocycles. The molecule has 0 spiro atoms. The monoisotopic (exact) mass is 346 g/mol. The largest absolute Gasteiger partial charge is 0.417 e. The second kappa shape index (κ2) is 5.26. The van der Waals surface area contributed by atoms with Gasteiger partial charge in [-0.15, -0.1) is 11.3 Å². The van der Waals surface area contributed by atoms with E-state index in [2.05, 4.69) is 0 Å². The summed E-state index contributed by atoms with van der Waals surface area (Å²) in [7, 11) is 0. The van der Waals surface area contributed by atoms with Gasteiger partial charge >= 0.3 is 12.4 Å². The summed E-state index contributed by atoms with van der Waals surface area (Å²) in [4.78, 5) is 0.157. The van der Waals surface area contributed by atoms with Crippen LogP contribution in [0.5, 0.6) is 0 Å². The van der Waals surface area contributed by atoms with Gasteiger partial charge in [-0.1, -0.05) is 18.2 Å². The number of halogens is 6. The van der Waals surface area contributed by atoms with E-state index in [9.17, 15) is 26.3 Å². The first kappa shape index (κ1) is 15.9. The highest BCUT2D eigenvalue weighted by Gasteiger charge is 2.37. The first-order valence-corrected chi connectivity index (χ1v) is 7.25. The Labute approximate surface area is 131 Å². The van der Waals surface area contributed by atoms with Gasteiger partial charge in [0.25, 0.3) is 0 Å². The molecule has 1 aromatic heterocycles. The van der Waals surface area contributed by atoms with Crippen molar-refractivity contribution < 1.29 is 26.3 Å². The average Bonchev–Trinajstić information content (AvgIpc) is 2.88. The highest BCUT2D eigenvalue weighted by Crippen LogP contribution is 2.43. The molecule has 0 saturated heterocycles. The summed E-state index contributed by atoms with van der Waals surface area (Å²) in [6.45, 7) is 0. The SMILES string of the molecule is FC(F)(F)c1ccc(C(F)(F)F)c(-c2cc3ccccc3s2)c1. The van der Waals surface area contributed by atoms with Crippen LogP contribution in [-0.4, -0.2) is 0 Å². The van der Waals surface area contributed by atoms with Gasteiger partial charge in [-0.25, -0.2) is 0 Å². The smallest absolute Gasteiger partial charge is 0.166 e. The number of thiophene rings is 1. The van der Waals surface area contributed by atoms with Gasteiger partial charge in [0.05, 0.1) is 11.1 Å². The van der Waals surface area contributed by atoms with E-state index in [1.54, 1.807) is 24.3 Å². The van der Waals surface area contributed by atoms with Gasteiger partial charge in [0.1, 0.15) is 0 Å². The zero-order valence-corrected chi connectivity index (χ0v) is 12.1. The van der Waals surface area contributed by atoms with Gasteiger partial charge in [-0.3, -0.25) is 0 Å². The fourth-order valence-corrected chi connectivity index (χ4v) is 3.38. The van der Waals surface area contributed by atoms with E-state index >= 15 is 0 Å². The Morgan fingerprint density at radius 3 is 2.04 bits per heavy atom. The van der Waals surface area contributed by atoms with Crippen LogP contribution in [0.15, 0.2) is 48.5 Å². The van der Waals surface area contributed by atoms with Crippen molar-refractivity contribution in [3.63, 3.8) is 0 Å². The molecule has 0 atom stereocenters. The Kier molecular flexibility index (Phi) is 3.63. The molecule has 0 radical (unpaired) electrons. The minimum atomic E-state index is -4.73. The van der Waals surface area contributed by atoms with Crippen molar-refractivity contribution in [2.75, 3.05) is 0 Å². The van der Waals surface area contributed by atoms with E-state index in [-0.39, 0.29) is 4.88 Å². The highest BCUT2D eigenvalue weighted by atomic mass is 32.1. The first-order chi connectivity index (χ1) is 10.7. The highest BCUT2D eigenvalue weighted by molar-refractivity contribution is 7.22. The van der Waals surface area contributed by atoms with Gasteiger partial charge in [-0.2, -0.15) is 26.3 Å². The summed E-state index contributed by atoms with van der Waals surface area (Å²) in [5.74, 6) is 0. The zero-order valence-electron chi connectivity index (χ0n) is 11.3. The van der Waals surface area contributed by atoms with Crippen LogP contribution in [0.1, 0.15) is 11.1 Å². The van der Waals surface area contributed by atoms with Crippen molar-refractivity contribution in [1.82, 2.24) is 0 Å². The van der Waals surface area contributed by atoms with Gasteiger partial charge in [0.2, 0.25) is 0 Å². The molecule has 0 aliphatic heterocycles. The minimum absolute atomic E-state index is 0.157. The van der Waals surface area contributed by atoms with Gasteiger partial charge in [-0.05, 0) is 35.7 Å². The molecule has 0 amide bonds. The summed E-state index contributed by atoms with van der Waals surface area (Å²) < 4.78 is 78.7. The topological polar surface area (TPSA) is 0 Å². The van der Waals surface area contributed by atoms with E-state index in [4.69, 9.17) is 0 Å². The molecule has 0 aliphatic rings. The molecular formula is C16H8F6S. The Morgan fingerprint density at radius 2 is 1.43 bits per heavy atom. The third-order valence-electron chi connectivity index (χ3n) is 3.34. The third kappa shape index (κ3) is 3.06. The predicted octanol–water partition coefficient (Wildman–Crippen LogP) is 6.61. The van der Waals surface area contributed by atoms with E-state index in [0.717, 1.165) is 11.3 Å². The van der Waals surface area contributed by atoms with Crippen molar-refractivity contribution in [3.8, 4) is 10.4 Å². The van der Waals surface area contributed by atoms with E-state index in [1.165, 1.54) is 6.07 Å². The lowest BCUT2D eigenvalue weighted by atomic mass is 10.0. The number of fused-ring (bicyclic) bond motifs is 1. The normalized spacial score (nSPS) is 12.8. The van der Waals surface area contributed by atoms with Crippen molar-refractivity contribution in [2.45, 2.75) is 12.4 Å². The molecule has 120 valence electrons. The van der Waals surface area contributed by atoms with Crippen LogP contribution in [0.3, 0.4) is 0 Å². The van der Waals surface area contributed by atoms with Crippen molar-refractivity contribution >= 4 is 21.4 Å². The van der Waals surface area contributed by atoms with Crippen molar-refractivity contribution in [2.24, 2.45) is 0 Å². The maximum absolute atomic E-state index is 13.1. The van der Waals surface area contributed by atoms with E-state index in [0.29, 0.717) is 28.3 Å². The van der Waals surface area contributed by atoms with Crippen molar-refractivity contribution in [1.29, 1.82) is 0 Å². The molecule has 0 aliphatic carbocycles. The zero-order chi connectivity index (χ0) is 16.8. The lowest BCUT2D eigenvalue weighted by molar-refractivity contribution is -0.141. The quantitative estimate of drug-likeness (QED) is 0.435. The Hall–Kier alpha value is -2.02. The summed E-state index contributed by atoms with van der Waals surface area (Å²) in [6, 6.07) is 9.84. The lowest BCUT2D eigenvalue weighted by Crippen LogP contribution is -2.10. The Balaban J connectivity index is 2.26. The molecule has 2 aromatic carbocycles. The summed E-state index contributed by atoms with van der Waals surface area (Å²) in [5.41, 5.74) is -2.62. The molecule has 0 bridgehead atoms. The molecular weight excluding hydrogens is 338 g/mol. The molecule has 23 heavy (non-hydrogen) atoms. The van der Waals surface area contributed by atoms with Gasteiger partial charge in [0, 0.05) is 15.1 Å². The minimum Gasteiger partial charge on any atom is -0.166 e. The molecule has 0 unspecified atom stereocenters. The fraction of sp³-hybridized carbons (Fsp3) is 0.125. The molecule has 3 aromatic rings. The molecule has 0 fully saturated rings. The van der Waals surface area contributed by atoms with E-state index in [1.807, 2.05) is 0 Å². The Morgan fingerprint density at radius 1 is 0.739 bits per heavy atom. The number of rotatable bonds is 1. The number of hydrogen-bond acceptors (Lipinski definition) is 1. The molecule has 0 nitrogen and oxygen atoms in total. The second-order valence-electron chi connectivity index (χ2n) is 4.90. The number of hydrogen-bond donors (Lipinski definition) is 0. The number of benzene rings is 2. The summed E-state index contributed by atoms with van der Waals surface area (Å²) in [6.07, 6.45) is -9.43. The lowest BCUT2D eigenvalue weighted by Gasteiger charge is -2.14. The average molecular weight is 346 g/mol. The van der Waals surface area contributed by atoms with Crippen LogP contribution in [0.4, 0.5) is 26.3 Å². The molecule has 7 heteroatoms. The third-order valence-corrected chi connectivity index (χ3v) is 4.49. The second-order valence-corrected chi connectivity index (χ2v) is 5.99. The Bertz CT molecular complexity index is 824. The summed E-state index contributed by atoms with van der Waals surface area (Å²) >= 11 is 1.03. The van der Waals surface area contributed by atoms with Crippen LogP contribution < -0.4 is 0 Å². The molecule has 0 saturated carbocycles. The van der Waals surface area contributed by atoms with Crippen molar-refractivity contribution in [3.05, 3.63) is 59.7 Å².